The van der Waals surface area contributed by atoms with Gasteiger partial charge in [0.1, 0.15) is 17.4 Å². The van der Waals surface area contributed by atoms with E-state index in [0.29, 0.717) is 18.9 Å². The number of hydrogen-bond donors (Lipinski definition) is 0. The van der Waals surface area contributed by atoms with Crippen LogP contribution >= 0.6 is 0 Å². The van der Waals surface area contributed by atoms with Crippen LogP contribution in [0.5, 0.6) is 5.75 Å². The third kappa shape index (κ3) is 3.01. The lowest BCUT2D eigenvalue weighted by atomic mass is 9.88. The summed E-state index contributed by atoms with van der Waals surface area (Å²) in [6.45, 7) is 1.39. The van der Waals surface area contributed by atoms with Crippen LogP contribution in [0.25, 0.3) is 0 Å². The second-order valence-electron chi connectivity index (χ2n) is 5.98. The van der Waals surface area contributed by atoms with E-state index >= 15 is 0 Å². The Morgan fingerprint density at radius 1 is 1.24 bits per heavy atom. The van der Waals surface area contributed by atoms with Gasteiger partial charge in [-0.3, -0.25) is 4.79 Å². The van der Waals surface area contributed by atoms with E-state index in [2.05, 4.69) is 0 Å². The molecule has 1 aromatic carbocycles. The third-order valence-electron chi connectivity index (χ3n) is 4.39. The fraction of sp³-hybridized carbons (Fsp3) is 0.562. The number of nitrogens with zero attached hydrogens (tertiary/aromatic N) is 1. The summed E-state index contributed by atoms with van der Waals surface area (Å²) in [7, 11) is 1.37. The summed E-state index contributed by atoms with van der Waals surface area (Å²) < 4.78 is 33.0. The van der Waals surface area contributed by atoms with Gasteiger partial charge in [-0.05, 0) is 25.2 Å². The van der Waals surface area contributed by atoms with E-state index in [1.54, 1.807) is 0 Å². The summed E-state index contributed by atoms with van der Waals surface area (Å²) in [5.41, 5.74) is 0.0234. The largest absolute Gasteiger partial charge is 0.497 e. The molecule has 1 unspecified atom stereocenters. The Morgan fingerprint density at radius 2 is 1.90 bits per heavy atom. The number of halogens is 2. The van der Waals surface area contributed by atoms with Crippen LogP contribution in [0.15, 0.2) is 12.1 Å². The quantitative estimate of drug-likeness (QED) is 0.854. The second-order valence-corrected chi connectivity index (χ2v) is 5.98. The molecular formula is C16H19F2NO2. The van der Waals surface area contributed by atoms with Crippen molar-refractivity contribution in [2.45, 2.75) is 31.6 Å². The first-order chi connectivity index (χ1) is 10.1. The monoisotopic (exact) mass is 295 g/mol. The molecule has 0 N–H and O–H groups in total. The molecule has 1 aromatic rings. The molecule has 3 rings (SSSR count). The minimum Gasteiger partial charge on any atom is -0.497 e. The molecule has 1 aliphatic heterocycles. The van der Waals surface area contributed by atoms with Gasteiger partial charge < -0.3 is 9.64 Å². The van der Waals surface area contributed by atoms with Gasteiger partial charge in [-0.1, -0.05) is 0 Å². The number of amides is 1. The topological polar surface area (TPSA) is 29.5 Å². The lowest BCUT2D eigenvalue weighted by Crippen LogP contribution is -2.39. The molecule has 1 heterocycles. The van der Waals surface area contributed by atoms with Crippen LogP contribution in [0, 0.1) is 17.6 Å². The maximum Gasteiger partial charge on any atom is 0.223 e. The van der Waals surface area contributed by atoms with Gasteiger partial charge in [-0.25, -0.2) is 8.78 Å². The van der Waals surface area contributed by atoms with Crippen LogP contribution in [0.4, 0.5) is 8.78 Å². The maximum atomic E-state index is 14.1. The molecule has 3 nitrogen and oxygen atoms in total. The smallest absolute Gasteiger partial charge is 0.223 e. The van der Waals surface area contributed by atoms with E-state index in [9.17, 15) is 13.6 Å². The molecule has 21 heavy (non-hydrogen) atoms. The Balaban J connectivity index is 1.74. The third-order valence-corrected chi connectivity index (χ3v) is 4.39. The average molecular weight is 295 g/mol. The van der Waals surface area contributed by atoms with E-state index in [4.69, 9.17) is 4.74 Å². The summed E-state index contributed by atoms with van der Waals surface area (Å²) in [6, 6.07) is 2.36. The molecule has 0 aromatic heterocycles. The maximum absolute atomic E-state index is 14.1. The molecule has 1 amide bonds. The average Bonchev–Trinajstić information content (AvgIpc) is 3.25. The zero-order chi connectivity index (χ0) is 15.0. The number of ether oxygens (including phenoxy) is 1. The van der Waals surface area contributed by atoms with E-state index < -0.39 is 11.6 Å². The van der Waals surface area contributed by atoms with E-state index in [1.807, 2.05) is 4.90 Å². The van der Waals surface area contributed by atoms with Gasteiger partial charge in [0.05, 0.1) is 7.11 Å². The molecule has 1 saturated carbocycles. The van der Waals surface area contributed by atoms with Gasteiger partial charge in [0, 0.05) is 43.1 Å². The number of methoxy groups -OCH3 is 1. The van der Waals surface area contributed by atoms with Crippen molar-refractivity contribution in [1.82, 2.24) is 4.90 Å². The number of rotatable bonds is 4. The molecule has 5 heteroatoms. The summed E-state index contributed by atoms with van der Waals surface area (Å²) in [6.07, 6.45) is 3.18. The van der Waals surface area contributed by atoms with Gasteiger partial charge in [0.2, 0.25) is 5.91 Å². The normalized spacial score (nSPS) is 22.5. The van der Waals surface area contributed by atoms with Gasteiger partial charge in [0.25, 0.3) is 0 Å². The van der Waals surface area contributed by atoms with Crippen molar-refractivity contribution in [2.75, 3.05) is 20.2 Å². The molecule has 0 radical (unpaired) electrons. The number of piperidine rings is 1. The predicted octanol–water partition coefficient (Wildman–Crippen LogP) is 3.09. The van der Waals surface area contributed by atoms with Crippen molar-refractivity contribution in [1.29, 1.82) is 0 Å². The lowest BCUT2D eigenvalue weighted by Gasteiger charge is -2.32. The number of likely N-dealkylation sites (tertiary alicyclic amines) is 1. The van der Waals surface area contributed by atoms with E-state index in [1.165, 1.54) is 32.1 Å². The van der Waals surface area contributed by atoms with Crippen LogP contribution in [0.3, 0.4) is 0 Å². The van der Waals surface area contributed by atoms with Gasteiger partial charge >= 0.3 is 0 Å². The summed E-state index contributed by atoms with van der Waals surface area (Å²) in [5.74, 6) is -0.821. The van der Waals surface area contributed by atoms with Crippen LogP contribution in [-0.2, 0) is 4.79 Å². The summed E-state index contributed by atoms with van der Waals surface area (Å²) >= 11 is 0. The van der Waals surface area contributed by atoms with Crippen molar-refractivity contribution in [3.8, 4) is 5.75 Å². The standard InChI is InChI=1S/C16H19F2NO2/c1-21-12-7-13(17)16(14(18)8-12)11-4-5-19(15(20)6-11)9-10-2-3-10/h7-8,10-11H,2-6,9H2,1H3. The van der Waals surface area contributed by atoms with Crippen molar-refractivity contribution < 1.29 is 18.3 Å². The SMILES string of the molecule is COc1cc(F)c(C2CCN(CC3CC3)C(=O)C2)c(F)c1. The van der Waals surface area contributed by atoms with Crippen molar-refractivity contribution in [3.05, 3.63) is 29.3 Å². The Labute approximate surface area is 122 Å². The molecular weight excluding hydrogens is 276 g/mol. The fourth-order valence-corrected chi connectivity index (χ4v) is 3.00. The van der Waals surface area contributed by atoms with Crippen LogP contribution < -0.4 is 4.74 Å². The fourth-order valence-electron chi connectivity index (χ4n) is 3.00. The van der Waals surface area contributed by atoms with Gasteiger partial charge in [0.15, 0.2) is 0 Å². The summed E-state index contributed by atoms with van der Waals surface area (Å²) in [5, 5.41) is 0. The Bertz CT molecular complexity index is 534. The number of benzene rings is 1. The lowest BCUT2D eigenvalue weighted by molar-refractivity contribution is -0.134. The van der Waals surface area contributed by atoms with Crippen LogP contribution in [0.2, 0.25) is 0 Å². The summed E-state index contributed by atoms with van der Waals surface area (Å²) in [4.78, 5) is 14.0. The predicted molar refractivity (Wildman–Crippen MR) is 74.2 cm³/mol. The molecule has 114 valence electrons. The highest BCUT2D eigenvalue weighted by atomic mass is 19.1. The molecule has 1 atom stereocenters. The van der Waals surface area contributed by atoms with Crippen LogP contribution in [-0.4, -0.2) is 31.0 Å². The highest BCUT2D eigenvalue weighted by molar-refractivity contribution is 5.78. The first-order valence-corrected chi connectivity index (χ1v) is 7.39. The first kappa shape index (κ1) is 14.3. The van der Waals surface area contributed by atoms with Crippen molar-refractivity contribution in [2.24, 2.45) is 5.92 Å². The number of carbonyl (C=O) groups excluding carboxylic acids is 1. The highest BCUT2D eigenvalue weighted by Gasteiger charge is 2.33. The zero-order valence-corrected chi connectivity index (χ0v) is 12.1. The van der Waals surface area contributed by atoms with Gasteiger partial charge in [-0.2, -0.15) is 0 Å². The Morgan fingerprint density at radius 3 is 2.43 bits per heavy atom. The van der Waals surface area contributed by atoms with Crippen molar-refractivity contribution >= 4 is 5.91 Å². The molecule has 0 spiro atoms. The molecule has 0 bridgehead atoms. The van der Waals surface area contributed by atoms with E-state index in [-0.39, 0.29) is 29.6 Å². The Hall–Kier alpha value is -1.65. The number of carbonyl (C=O) groups is 1. The minimum atomic E-state index is -0.625. The Kier molecular flexibility index (Phi) is 3.83. The minimum absolute atomic E-state index is 0.00719. The van der Waals surface area contributed by atoms with Crippen LogP contribution in [0.1, 0.15) is 37.2 Å². The molecule has 1 aliphatic carbocycles. The molecule has 1 saturated heterocycles. The first-order valence-electron chi connectivity index (χ1n) is 7.39. The van der Waals surface area contributed by atoms with E-state index in [0.717, 1.165) is 6.54 Å². The van der Waals surface area contributed by atoms with Crippen molar-refractivity contribution in [3.63, 3.8) is 0 Å². The highest BCUT2D eigenvalue weighted by Crippen LogP contribution is 2.36. The number of hydrogen-bond acceptors (Lipinski definition) is 2. The second kappa shape index (κ2) is 5.62. The molecule has 2 aliphatic rings. The van der Waals surface area contributed by atoms with Gasteiger partial charge in [-0.15, -0.1) is 0 Å². The zero-order valence-electron chi connectivity index (χ0n) is 12.1. The molecule has 2 fully saturated rings.